The molecule has 2 aromatic heterocycles. The summed E-state index contributed by atoms with van der Waals surface area (Å²) in [6.45, 7) is 0. The van der Waals surface area contributed by atoms with Gasteiger partial charge in [0.1, 0.15) is 16.2 Å². The van der Waals surface area contributed by atoms with Gasteiger partial charge in [-0.25, -0.2) is 4.98 Å². The standard InChI is InChI=1S/C8H6ClN3O/c1-12-3-6-8(11-12)5(4-13)2-7(9)10-6/h2-4H,1H3. The van der Waals surface area contributed by atoms with Crippen LogP contribution in [0.25, 0.3) is 11.0 Å². The predicted octanol–water partition coefficient (Wildman–Crippen LogP) is 1.43. The summed E-state index contributed by atoms with van der Waals surface area (Å²) in [5.41, 5.74) is 1.69. The number of pyridine rings is 1. The second-order valence-electron chi connectivity index (χ2n) is 2.69. The van der Waals surface area contributed by atoms with E-state index in [2.05, 4.69) is 10.1 Å². The van der Waals surface area contributed by atoms with Crippen LogP contribution in [0.2, 0.25) is 5.15 Å². The first-order valence-electron chi connectivity index (χ1n) is 3.66. The molecule has 0 bridgehead atoms. The van der Waals surface area contributed by atoms with Gasteiger partial charge < -0.3 is 0 Å². The van der Waals surface area contributed by atoms with E-state index in [1.165, 1.54) is 6.07 Å². The van der Waals surface area contributed by atoms with Crippen molar-refractivity contribution in [1.82, 2.24) is 14.8 Å². The van der Waals surface area contributed by atoms with E-state index in [0.717, 1.165) is 6.29 Å². The Morgan fingerprint density at radius 1 is 1.62 bits per heavy atom. The van der Waals surface area contributed by atoms with Crippen LogP contribution in [0.3, 0.4) is 0 Å². The molecule has 0 aliphatic rings. The first-order chi connectivity index (χ1) is 6.20. The molecule has 5 heteroatoms. The van der Waals surface area contributed by atoms with E-state index in [0.29, 0.717) is 21.7 Å². The summed E-state index contributed by atoms with van der Waals surface area (Å²) in [4.78, 5) is 14.7. The number of carbonyl (C=O) groups is 1. The average Bonchev–Trinajstić information content (AvgIpc) is 2.43. The molecule has 66 valence electrons. The van der Waals surface area contributed by atoms with Gasteiger partial charge in [0.2, 0.25) is 0 Å². The van der Waals surface area contributed by atoms with Crippen molar-refractivity contribution < 1.29 is 4.79 Å². The van der Waals surface area contributed by atoms with E-state index in [4.69, 9.17) is 11.6 Å². The summed E-state index contributed by atoms with van der Waals surface area (Å²) >= 11 is 5.70. The van der Waals surface area contributed by atoms with Crippen molar-refractivity contribution in [1.29, 1.82) is 0 Å². The van der Waals surface area contributed by atoms with E-state index in [1.54, 1.807) is 17.9 Å². The van der Waals surface area contributed by atoms with Gasteiger partial charge in [-0.3, -0.25) is 9.48 Å². The van der Waals surface area contributed by atoms with Crippen LogP contribution >= 0.6 is 11.6 Å². The van der Waals surface area contributed by atoms with Crippen LogP contribution in [0.1, 0.15) is 10.4 Å². The van der Waals surface area contributed by atoms with Crippen LogP contribution in [0, 0.1) is 0 Å². The van der Waals surface area contributed by atoms with E-state index >= 15 is 0 Å². The van der Waals surface area contributed by atoms with Gasteiger partial charge in [-0.1, -0.05) is 11.6 Å². The minimum atomic E-state index is 0.308. The highest BCUT2D eigenvalue weighted by molar-refractivity contribution is 6.30. The third kappa shape index (κ3) is 1.29. The number of hydrogen-bond donors (Lipinski definition) is 0. The van der Waals surface area contributed by atoms with E-state index in [9.17, 15) is 4.79 Å². The Labute approximate surface area is 79.1 Å². The zero-order chi connectivity index (χ0) is 9.42. The van der Waals surface area contributed by atoms with Crippen LogP contribution < -0.4 is 0 Å². The van der Waals surface area contributed by atoms with Crippen molar-refractivity contribution in [2.45, 2.75) is 0 Å². The Hall–Kier alpha value is -1.42. The largest absolute Gasteiger partial charge is 0.298 e. The van der Waals surface area contributed by atoms with Gasteiger partial charge in [0.25, 0.3) is 0 Å². The number of rotatable bonds is 1. The predicted molar refractivity (Wildman–Crippen MR) is 48.9 cm³/mol. The molecule has 0 saturated carbocycles. The average molecular weight is 196 g/mol. The molecule has 0 radical (unpaired) electrons. The van der Waals surface area contributed by atoms with Crippen LogP contribution in [-0.4, -0.2) is 21.1 Å². The van der Waals surface area contributed by atoms with Crippen LogP contribution in [0.5, 0.6) is 0 Å². The molecule has 0 spiro atoms. The highest BCUT2D eigenvalue weighted by atomic mass is 35.5. The molecule has 4 nitrogen and oxygen atoms in total. The molecule has 0 N–H and O–H groups in total. The summed E-state index contributed by atoms with van der Waals surface area (Å²) in [6, 6.07) is 1.50. The maximum absolute atomic E-state index is 10.6. The van der Waals surface area contributed by atoms with Gasteiger partial charge in [-0.2, -0.15) is 5.10 Å². The highest BCUT2D eigenvalue weighted by Crippen LogP contribution is 2.17. The normalized spacial score (nSPS) is 10.6. The molecule has 0 fully saturated rings. The number of nitrogens with zero attached hydrogens (tertiary/aromatic N) is 3. The first-order valence-corrected chi connectivity index (χ1v) is 4.03. The summed E-state index contributed by atoms with van der Waals surface area (Å²) in [5, 5.41) is 4.40. The van der Waals surface area contributed by atoms with E-state index in [1.807, 2.05) is 0 Å². The molecule has 0 aliphatic carbocycles. The fourth-order valence-corrected chi connectivity index (χ4v) is 1.41. The number of aryl methyl sites for hydroxylation is 1. The van der Waals surface area contributed by atoms with Crippen LogP contribution in [-0.2, 0) is 7.05 Å². The van der Waals surface area contributed by atoms with Crippen molar-refractivity contribution in [3.8, 4) is 0 Å². The van der Waals surface area contributed by atoms with Gasteiger partial charge in [-0.15, -0.1) is 0 Å². The molecule has 0 aliphatic heterocycles. The van der Waals surface area contributed by atoms with Crippen LogP contribution in [0.15, 0.2) is 12.3 Å². The number of fused-ring (bicyclic) bond motifs is 1. The summed E-state index contributed by atoms with van der Waals surface area (Å²) in [5.74, 6) is 0. The van der Waals surface area contributed by atoms with E-state index in [-0.39, 0.29) is 0 Å². The molecule has 0 amide bonds. The van der Waals surface area contributed by atoms with Crippen molar-refractivity contribution in [2.24, 2.45) is 7.05 Å². The van der Waals surface area contributed by atoms with Crippen molar-refractivity contribution in [2.75, 3.05) is 0 Å². The van der Waals surface area contributed by atoms with Gasteiger partial charge in [0, 0.05) is 12.6 Å². The van der Waals surface area contributed by atoms with Crippen molar-refractivity contribution in [3.63, 3.8) is 0 Å². The Kier molecular flexibility index (Phi) is 1.77. The Morgan fingerprint density at radius 2 is 2.38 bits per heavy atom. The molecule has 2 heterocycles. The number of aldehydes is 1. The number of halogens is 1. The van der Waals surface area contributed by atoms with Gasteiger partial charge in [0.05, 0.1) is 6.20 Å². The van der Waals surface area contributed by atoms with Crippen LogP contribution in [0.4, 0.5) is 0 Å². The molecule has 0 atom stereocenters. The summed E-state index contributed by atoms with van der Waals surface area (Å²) < 4.78 is 1.60. The smallest absolute Gasteiger partial charge is 0.152 e. The summed E-state index contributed by atoms with van der Waals surface area (Å²) in [6.07, 6.45) is 2.44. The minimum Gasteiger partial charge on any atom is -0.298 e. The third-order valence-corrected chi connectivity index (χ3v) is 1.91. The molecule has 0 saturated heterocycles. The molecule has 2 rings (SSSR count). The SMILES string of the molecule is Cn1cc2nc(Cl)cc(C=O)c2n1. The monoisotopic (exact) mass is 195 g/mol. The van der Waals surface area contributed by atoms with Crippen molar-refractivity contribution in [3.05, 3.63) is 23.0 Å². The Bertz CT molecular complexity index is 477. The number of hydrogen-bond acceptors (Lipinski definition) is 3. The lowest BCUT2D eigenvalue weighted by Gasteiger charge is -1.92. The fraction of sp³-hybridized carbons (Fsp3) is 0.125. The summed E-state index contributed by atoms with van der Waals surface area (Å²) in [7, 11) is 1.77. The second kappa shape index (κ2) is 2.81. The minimum absolute atomic E-state index is 0.308. The molecule has 0 aromatic carbocycles. The molecule has 0 unspecified atom stereocenters. The number of carbonyl (C=O) groups excluding carboxylic acids is 1. The first kappa shape index (κ1) is 8.19. The lowest BCUT2D eigenvalue weighted by molar-refractivity contribution is 0.112. The maximum atomic E-state index is 10.6. The molecular formula is C8H6ClN3O. The Balaban J connectivity index is 2.88. The van der Waals surface area contributed by atoms with Gasteiger partial charge in [-0.05, 0) is 6.07 Å². The quantitative estimate of drug-likeness (QED) is 0.511. The van der Waals surface area contributed by atoms with Crippen molar-refractivity contribution >= 4 is 28.9 Å². The lowest BCUT2D eigenvalue weighted by Crippen LogP contribution is -1.88. The molecule has 2 aromatic rings. The molecule has 13 heavy (non-hydrogen) atoms. The number of aromatic nitrogens is 3. The highest BCUT2D eigenvalue weighted by Gasteiger charge is 2.07. The lowest BCUT2D eigenvalue weighted by atomic mass is 10.2. The van der Waals surface area contributed by atoms with Gasteiger partial charge >= 0.3 is 0 Å². The maximum Gasteiger partial charge on any atom is 0.152 e. The zero-order valence-corrected chi connectivity index (χ0v) is 7.62. The topological polar surface area (TPSA) is 47.8 Å². The van der Waals surface area contributed by atoms with Gasteiger partial charge in [0.15, 0.2) is 6.29 Å². The Morgan fingerprint density at radius 3 is 3.08 bits per heavy atom. The third-order valence-electron chi connectivity index (χ3n) is 1.71. The fourth-order valence-electron chi connectivity index (χ4n) is 1.20. The molecular weight excluding hydrogens is 190 g/mol. The zero-order valence-electron chi connectivity index (χ0n) is 6.86. The second-order valence-corrected chi connectivity index (χ2v) is 3.08. The van der Waals surface area contributed by atoms with E-state index < -0.39 is 0 Å².